The molecule has 0 amide bonds. The van der Waals surface area contributed by atoms with Crippen LogP contribution in [0.5, 0.6) is 0 Å². The van der Waals surface area contributed by atoms with Crippen LogP contribution in [0.25, 0.3) is 0 Å². The van der Waals surface area contributed by atoms with E-state index in [4.69, 9.17) is 5.11 Å². The largest absolute Gasteiger partial charge is 0.395 e. The Bertz CT molecular complexity index is 114. The maximum atomic E-state index is 8.76. The minimum absolute atomic E-state index is 0.256. The minimum Gasteiger partial charge on any atom is -0.395 e. The number of nitrogens with zero attached hydrogens (tertiary/aromatic N) is 1. The molecule has 0 heterocycles. The van der Waals surface area contributed by atoms with Gasteiger partial charge in [0.25, 0.3) is 0 Å². The van der Waals surface area contributed by atoms with Crippen molar-refractivity contribution in [2.24, 2.45) is 11.8 Å². The first-order chi connectivity index (χ1) is 5.50. The second-order valence-corrected chi connectivity index (χ2v) is 4.05. The van der Waals surface area contributed by atoms with Crippen LogP contribution >= 0.6 is 0 Å². The fourth-order valence-corrected chi connectivity index (χ4v) is 1.32. The normalized spacial score (nSPS) is 17.0. The van der Waals surface area contributed by atoms with E-state index in [0.717, 1.165) is 6.54 Å². The SMILES string of the molecule is CC(C)[C@@H](C)C(C)N(C)CCO. The van der Waals surface area contributed by atoms with Crippen molar-refractivity contribution in [3.63, 3.8) is 0 Å². The highest BCUT2D eigenvalue weighted by Crippen LogP contribution is 2.17. The molecule has 0 aromatic rings. The molecule has 0 saturated heterocycles. The predicted octanol–water partition coefficient (Wildman–Crippen LogP) is 1.59. The molecule has 1 N–H and O–H groups in total. The molecule has 0 aliphatic rings. The van der Waals surface area contributed by atoms with Gasteiger partial charge in [0, 0.05) is 12.6 Å². The van der Waals surface area contributed by atoms with Gasteiger partial charge in [-0.25, -0.2) is 0 Å². The fraction of sp³-hybridized carbons (Fsp3) is 1.00. The summed E-state index contributed by atoms with van der Waals surface area (Å²) in [4.78, 5) is 2.21. The molecule has 0 aliphatic carbocycles. The van der Waals surface area contributed by atoms with Crippen molar-refractivity contribution in [2.45, 2.75) is 33.7 Å². The summed E-state index contributed by atoms with van der Waals surface area (Å²) in [6, 6.07) is 0.553. The summed E-state index contributed by atoms with van der Waals surface area (Å²) in [5.41, 5.74) is 0. The lowest BCUT2D eigenvalue weighted by Gasteiger charge is -2.31. The molecule has 0 radical (unpaired) electrons. The molecule has 0 spiro atoms. The smallest absolute Gasteiger partial charge is 0.0558 e. The van der Waals surface area contributed by atoms with E-state index in [1.807, 2.05) is 0 Å². The average Bonchev–Trinajstić information content (AvgIpc) is 2.02. The zero-order valence-corrected chi connectivity index (χ0v) is 9.04. The second-order valence-electron chi connectivity index (χ2n) is 4.05. The standard InChI is InChI=1S/C10H23NO/c1-8(2)9(3)10(4)11(5)6-7-12/h8-10,12H,6-7H2,1-5H3/t9-,10?/m1/s1. The maximum Gasteiger partial charge on any atom is 0.0558 e. The molecule has 0 fully saturated rings. The molecule has 0 aromatic heterocycles. The number of likely N-dealkylation sites (N-methyl/N-ethyl adjacent to an activating group) is 1. The van der Waals surface area contributed by atoms with E-state index in [-0.39, 0.29) is 6.61 Å². The zero-order valence-electron chi connectivity index (χ0n) is 9.04. The molecule has 0 bridgehead atoms. The van der Waals surface area contributed by atoms with Crippen LogP contribution in [0.3, 0.4) is 0 Å². The molecule has 0 saturated carbocycles. The topological polar surface area (TPSA) is 23.5 Å². The van der Waals surface area contributed by atoms with Crippen molar-refractivity contribution in [1.82, 2.24) is 4.90 Å². The number of aliphatic hydroxyl groups is 1. The third-order valence-electron chi connectivity index (χ3n) is 2.96. The van der Waals surface area contributed by atoms with Crippen LogP contribution in [0.1, 0.15) is 27.7 Å². The van der Waals surface area contributed by atoms with Crippen molar-refractivity contribution in [2.75, 3.05) is 20.2 Å². The molecule has 12 heavy (non-hydrogen) atoms. The van der Waals surface area contributed by atoms with E-state index >= 15 is 0 Å². The van der Waals surface area contributed by atoms with E-state index < -0.39 is 0 Å². The van der Waals surface area contributed by atoms with Crippen molar-refractivity contribution in [3.8, 4) is 0 Å². The Balaban J connectivity index is 3.90. The molecule has 2 heteroatoms. The Kier molecular flexibility index (Phi) is 5.51. The Morgan fingerprint density at radius 2 is 1.67 bits per heavy atom. The third-order valence-corrected chi connectivity index (χ3v) is 2.96. The van der Waals surface area contributed by atoms with Gasteiger partial charge >= 0.3 is 0 Å². The first kappa shape index (κ1) is 11.9. The molecule has 0 aliphatic heterocycles. The van der Waals surface area contributed by atoms with Crippen LogP contribution < -0.4 is 0 Å². The Morgan fingerprint density at radius 1 is 1.17 bits per heavy atom. The van der Waals surface area contributed by atoms with Crippen molar-refractivity contribution < 1.29 is 5.11 Å². The Morgan fingerprint density at radius 3 is 2.00 bits per heavy atom. The lowest BCUT2D eigenvalue weighted by molar-refractivity contribution is 0.137. The van der Waals surface area contributed by atoms with Crippen molar-refractivity contribution in [3.05, 3.63) is 0 Å². The van der Waals surface area contributed by atoms with Gasteiger partial charge in [0.2, 0.25) is 0 Å². The first-order valence-electron chi connectivity index (χ1n) is 4.81. The highest BCUT2D eigenvalue weighted by atomic mass is 16.3. The summed E-state index contributed by atoms with van der Waals surface area (Å²) in [5.74, 6) is 1.39. The molecule has 0 rings (SSSR count). The van der Waals surface area contributed by atoms with Crippen LogP contribution in [0, 0.1) is 11.8 Å². The van der Waals surface area contributed by atoms with Gasteiger partial charge in [0.05, 0.1) is 6.61 Å². The van der Waals surface area contributed by atoms with Crippen LogP contribution in [0.4, 0.5) is 0 Å². The van der Waals surface area contributed by atoms with E-state index in [2.05, 4.69) is 39.6 Å². The van der Waals surface area contributed by atoms with E-state index in [0.29, 0.717) is 17.9 Å². The number of hydrogen-bond acceptors (Lipinski definition) is 2. The second kappa shape index (κ2) is 5.55. The minimum atomic E-state index is 0.256. The number of hydrogen-bond donors (Lipinski definition) is 1. The van der Waals surface area contributed by atoms with Gasteiger partial charge in [0.15, 0.2) is 0 Å². The van der Waals surface area contributed by atoms with E-state index in [9.17, 15) is 0 Å². The van der Waals surface area contributed by atoms with Crippen molar-refractivity contribution >= 4 is 0 Å². The Labute approximate surface area is 76.6 Å². The van der Waals surface area contributed by atoms with Gasteiger partial charge in [-0.3, -0.25) is 0 Å². The summed E-state index contributed by atoms with van der Waals surface area (Å²) >= 11 is 0. The molecule has 2 nitrogen and oxygen atoms in total. The summed E-state index contributed by atoms with van der Waals surface area (Å²) in [7, 11) is 2.07. The highest BCUT2D eigenvalue weighted by Gasteiger charge is 2.18. The van der Waals surface area contributed by atoms with Crippen LogP contribution in [0.15, 0.2) is 0 Å². The Hall–Kier alpha value is -0.0800. The molecule has 74 valence electrons. The van der Waals surface area contributed by atoms with E-state index in [1.54, 1.807) is 0 Å². The summed E-state index contributed by atoms with van der Waals surface area (Å²) < 4.78 is 0. The molecule has 0 aromatic carbocycles. The van der Waals surface area contributed by atoms with Crippen LogP contribution in [0.2, 0.25) is 0 Å². The van der Waals surface area contributed by atoms with Gasteiger partial charge in [-0.15, -0.1) is 0 Å². The third kappa shape index (κ3) is 3.55. The quantitative estimate of drug-likeness (QED) is 0.682. The first-order valence-corrected chi connectivity index (χ1v) is 4.81. The highest BCUT2D eigenvalue weighted by molar-refractivity contribution is 4.72. The summed E-state index contributed by atoms with van der Waals surface area (Å²) in [5, 5.41) is 8.76. The van der Waals surface area contributed by atoms with Crippen molar-refractivity contribution in [1.29, 1.82) is 0 Å². The van der Waals surface area contributed by atoms with Gasteiger partial charge in [-0.2, -0.15) is 0 Å². The summed E-state index contributed by atoms with van der Waals surface area (Å²) in [6.07, 6.45) is 0. The van der Waals surface area contributed by atoms with Gasteiger partial charge in [-0.1, -0.05) is 20.8 Å². The maximum absolute atomic E-state index is 8.76. The van der Waals surface area contributed by atoms with Gasteiger partial charge in [0.1, 0.15) is 0 Å². The lowest BCUT2D eigenvalue weighted by atomic mass is 9.90. The molecular formula is C10H23NO. The molecule has 1 unspecified atom stereocenters. The van der Waals surface area contributed by atoms with Crippen LogP contribution in [-0.4, -0.2) is 36.2 Å². The van der Waals surface area contributed by atoms with Gasteiger partial charge in [-0.05, 0) is 25.8 Å². The molecular weight excluding hydrogens is 150 g/mol. The summed E-state index contributed by atoms with van der Waals surface area (Å²) in [6.45, 7) is 10.0. The average molecular weight is 173 g/mol. The van der Waals surface area contributed by atoms with Gasteiger partial charge < -0.3 is 10.0 Å². The number of aliphatic hydroxyl groups excluding tert-OH is 1. The molecule has 2 atom stereocenters. The predicted molar refractivity (Wildman–Crippen MR) is 53.2 cm³/mol. The number of rotatable bonds is 5. The monoisotopic (exact) mass is 173 g/mol. The van der Waals surface area contributed by atoms with Crippen LogP contribution in [-0.2, 0) is 0 Å². The lowest BCUT2D eigenvalue weighted by Crippen LogP contribution is -2.38. The zero-order chi connectivity index (χ0) is 9.72. The fourth-order valence-electron chi connectivity index (χ4n) is 1.32. The van der Waals surface area contributed by atoms with E-state index in [1.165, 1.54) is 0 Å².